The minimum Gasteiger partial charge on any atom is -0.346 e. The first-order chi connectivity index (χ1) is 7.91. The lowest BCUT2D eigenvalue weighted by molar-refractivity contribution is 0.0892. The molecular weight excluding hydrogens is 238 g/mol. The summed E-state index contributed by atoms with van der Waals surface area (Å²) in [4.78, 5) is 12.1. The molecule has 1 amide bonds. The van der Waals surface area contributed by atoms with Gasteiger partial charge in [-0.25, -0.2) is 0 Å². The van der Waals surface area contributed by atoms with Gasteiger partial charge in [0.25, 0.3) is 5.91 Å². The van der Waals surface area contributed by atoms with Crippen LogP contribution >= 0.6 is 11.6 Å². The largest absolute Gasteiger partial charge is 0.346 e. The third kappa shape index (κ3) is 3.46. The molecule has 0 aliphatic carbocycles. The van der Waals surface area contributed by atoms with Gasteiger partial charge in [0.2, 0.25) is 0 Å². The van der Waals surface area contributed by atoms with Crippen LogP contribution in [0.3, 0.4) is 0 Å². The molecule has 4 nitrogen and oxygen atoms in total. The van der Waals surface area contributed by atoms with Crippen LogP contribution in [0.4, 0.5) is 0 Å². The predicted octanol–water partition coefficient (Wildman–Crippen LogP) is 2.26. The monoisotopic (exact) mass is 257 g/mol. The van der Waals surface area contributed by atoms with Gasteiger partial charge in [-0.15, -0.1) is 11.6 Å². The summed E-state index contributed by atoms with van der Waals surface area (Å²) >= 11 is 5.76. The summed E-state index contributed by atoms with van der Waals surface area (Å²) < 4.78 is 1.60. The molecule has 0 saturated carbocycles. The van der Waals surface area contributed by atoms with E-state index >= 15 is 0 Å². The van der Waals surface area contributed by atoms with Crippen LogP contribution in [-0.2, 0) is 7.05 Å². The van der Waals surface area contributed by atoms with E-state index in [1.165, 1.54) is 0 Å². The van der Waals surface area contributed by atoms with E-state index in [0.29, 0.717) is 11.6 Å². The third-order valence-corrected chi connectivity index (χ3v) is 3.27. The highest BCUT2D eigenvalue weighted by Crippen LogP contribution is 2.16. The van der Waals surface area contributed by atoms with Gasteiger partial charge < -0.3 is 5.32 Å². The molecule has 17 heavy (non-hydrogen) atoms. The number of halogens is 1. The highest BCUT2D eigenvalue weighted by molar-refractivity contribution is 6.17. The molecule has 1 rings (SSSR count). The summed E-state index contributed by atoms with van der Waals surface area (Å²) in [6.45, 7) is 5.92. The molecule has 1 aromatic rings. The van der Waals surface area contributed by atoms with Crippen LogP contribution in [0.2, 0.25) is 0 Å². The van der Waals surface area contributed by atoms with Crippen molar-refractivity contribution >= 4 is 17.5 Å². The van der Waals surface area contributed by atoms with Crippen molar-refractivity contribution in [3.8, 4) is 0 Å². The first-order valence-corrected chi connectivity index (χ1v) is 6.34. The molecule has 1 aromatic heterocycles. The Morgan fingerprint density at radius 3 is 2.71 bits per heavy atom. The van der Waals surface area contributed by atoms with Crippen molar-refractivity contribution in [1.29, 1.82) is 0 Å². The Labute approximate surface area is 107 Å². The fourth-order valence-electron chi connectivity index (χ4n) is 1.70. The first-order valence-electron chi connectivity index (χ1n) is 5.81. The summed E-state index contributed by atoms with van der Waals surface area (Å²) in [5.74, 6) is 0.442. The first kappa shape index (κ1) is 14.0. The van der Waals surface area contributed by atoms with Crippen molar-refractivity contribution in [2.45, 2.75) is 39.2 Å². The van der Waals surface area contributed by atoms with Crippen LogP contribution < -0.4 is 5.32 Å². The summed E-state index contributed by atoms with van der Waals surface area (Å²) in [5.41, 5.74) is 1.17. The Kier molecular flexibility index (Phi) is 4.57. The predicted molar refractivity (Wildman–Crippen MR) is 69.4 cm³/mol. The van der Waals surface area contributed by atoms with Gasteiger partial charge in [0, 0.05) is 18.5 Å². The zero-order valence-corrected chi connectivity index (χ0v) is 11.6. The molecule has 0 aliphatic heterocycles. The lowest BCUT2D eigenvalue weighted by atomic mass is 9.95. The van der Waals surface area contributed by atoms with Gasteiger partial charge >= 0.3 is 0 Å². The average molecular weight is 258 g/mol. The highest BCUT2D eigenvalue weighted by atomic mass is 35.5. The van der Waals surface area contributed by atoms with Crippen molar-refractivity contribution in [2.75, 3.05) is 5.88 Å². The molecule has 5 heteroatoms. The average Bonchev–Trinajstić information content (AvgIpc) is 2.58. The van der Waals surface area contributed by atoms with Crippen LogP contribution in [0.25, 0.3) is 0 Å². The number of nitrogens with one attached hydrogen (secondary N) is 1. The summed E-state index contributed by atoms with van der Waals surface area (Å²) in [7, 11) is 1.77. The van der Waals surface area contributed by atoms with E-state index in [1.54, 1.807) is 17.8 Å². The van der Waals surface area contributed by atoms with Crippen molar-refractivity contribution < 1.29 is 4.79 Å². The number of alkyl halides is 1. The minimum absolute atomic E-state index is 0.0948. The Balaban J connectivity index is 2.81. The number of amides is 1. The summed E-state index contributed by atoms with van der Waals surface area (Å²) in [6, 6.07) is 1.78. The van der Waals surface area contributed by atoms with Gasteiger partial charge in [-0.05, 0) is 32.8 Å². The minimum atomic E-state index is -0.253. The maximum absolute atomic E-state index is 12.1. The molecule has 96 valence electrons. The number of hydrogen-bond acceptors (Lipinski definition) is 2. The number of carbonyl (C=O) groups excluding carboxylic acids is 1. The number of aromatic nitrogens is 2. The second kappa shape index (κ2) is 5.54. The van der Waals surface area contributed by atoms with E-state index in [-0.39, 0.29) is 11.4 Å². The fourth-order valence-corrected chi connectivity index (χ4v) is 2.11. The van der Waals surface area contributed by atoms with Crippen LogP contribution in [-0.4, -0.2) is 27.1 Å². The lowest BCUT2D eigenvalue weighted by Gasteiger charge is -2.28. The standard InChI is InChI=1S/C12H20ClN3O/c1-5-12(3,6-7-13)14-11(17)10-8-9(2)15-16(10)4/h8H,5-7H2,1-4H3,(H,14,17). The molecule has 0 spiro atoms. The molecule has 0 aromatic carbocycles. The number of rotatable bonds is 5. The van der Waals surface area contributed by atoms with Crippen molar-refractivity contribution in [3.05, 3.63) is 17.5 Å². The highest BCUT2D eigenvalue weighted by Gasteiger charge is 2.25. The van der Waals surface area contributed by atoms with Crippen molar-refractivity contribution in [3.63, 3.8) is 0 Å². The van der Waals surface area contributed by atoms with Gasteiger partial charge in [-0.3, -0.25) is 9.48 Å². The van der Waals surface area contributed by atoms with Gasteiger partial charge in [-0.1, -0.05) is 6.92 Å². The third-order valence-electron chi connectivity index (χ3n) is 3.08. The van der Waals surface area contributed by atoms with E-state index < -0.39 is 0 Å². The number of aryl methyl sites for hydroxylation is 2. The number of carbonyl (C=O) groups is 1. The smallest absolute Gasteiger partial charge is 0.269 e. The molecule has 1 heterocycles. The van der Waals surface area contributed by atoms with Crippen LogP contribution in [0.5, 0.6) is 0 Å². The lowest BCUT2D eigenvalue weighted by Crippen LogP contribution is -2.46. The second-order valence-electron chi connectivity index (χ2n) is 4.60. The normalized spacial score (nSPS) is 14.4. The molecule has 0 saturated heterocycles. The van der Waals surface area contributed by atoms with Crippen LogP contribution in [0.15, 0.2) is 6.07 Å². The SMILES string of the molecule is CCC(C)(CCCl)NC(=O)c1cc(C)nn1C. The molecular formula is C12H20ClN3O. The van der Waals surface area contributed by atoms with Gasteiger partial charge in [-0.2, -0.15) is 5.10 Å². The number of nitrogens with zero attached hydrogens (tertiary/aromatic N) is 2. The van der Waals surface area contributed by atoms with Gasteiger partial charge in [0.05, 0.1) is 5.69 Å². The molecule has 0 aliphatic rings. The maximum atomic E-state index is 12.1. The Bertz CT molecular complexity index is 402. The second-order valence-corrected chi connectivity index (χ2v) is 4.98. The zero-order valence-electron chi connectivity index (χ0n) is 10.9. The molecule has 0 fully saturated rings. The molecule has 0 bridgehead atoms. The van der Waals surface area contributed by atoms with E-state index in [9.17, 15) is 4.79 Å². The van der Waals surface area contributed by atoms with Crippen molar-refractivity contribution in [2.24, 2.45) is 7.05 Å². The molecule has 1 N–H and O–H groups in total. The summed E-state index contributed by atoms with van der Waals surface area (Å²) in [6.07, 6.45) is 1.61. The topological polar surface area (TPSA) is 46.9 Å². The van der Waals surface area contributed by atoms with E-state index in [4.69, 9.17) is 11.6 Å². The van der Waals surface area contributed by atoms with Gasteiger partial charge in [0.1, 0.15) is 5.69 Å². The van der Waals surface area contributed by atoms with Crippen LogP contribution in [0.1, 0.15) is 42.9 Å². The fraction of sp³-hybridized carbons (Fsp3) is 0.667. The zero-order chi connectivity index (χ0) is 13.1. The summed E-state index contributed by atoms with van der Waals surface area (Å²) in [5, 5.41) is 7.19. The van der Waals surface area contributed by atoms with E-state index in [2.05, 4.69) is 10.4 Å². The Hall–Kier alpha value is -1.03. The Morgan fingerprint density at radius 2 is 2.29 bits per heavy atom. The quantitative estimate of drug-likeness (QED) is 0.823. The molecule has 1 unspecified atom stereocenters. The van der Waals surface area contributed by atoms with Crippen LogP contribution in [0, 0.1) is 6.92 Å². The maximum Gasteiger partial charge on any atom is 0.269 e. The van der Waals surface area contributed by atoms with E-state index in [0.717, 1.165) is 18.5 Å². The van der Waals surface area contributed by atoms with Crippen molar-refractivity contribution in [1.82, 2.24) is 15.1 Å². The molecule has 1 atom stereocenters. The number of hydrogen-bond donors (Lipinski definition) is 1. The van der Waals surface area contributed by atoms with Gasteiger partial charge in [0.15, 0.2) is 0 Å². The Morgan fingerprint density at radius 1 is 1.65 bits per heavy atom. The molecule has 0 radical (unpaired) electrons. The van der Waals surface area contributed by atoms with E-state index in [1.807, 2.05) is 20.8 Å².